The van der Waals surface area contributed by atoms with E-state index in [0.29, 0.717) is 41.6 Å². The number of fused-ring (bicyclic) bond motifs is 1. The van der Waals surface area contributed by atoms with Gasteiger partial charge in [0.1, 0.15) is 22.3 Å². The predicted molar refractivity (Wildman–Crippen MR) is 125 cm³/mol. The molecule has 0 amide bonds. The lowest BCUT2D eigenvalue weighted by Crippen LogP contribution is -2.17. The monoisotopic (exact) mass is 461 g/mol. The summed E-state index contributed by atoms with van der Waals surface area (Å²) >= 11 is 1.37. The van der Waals surface area contributed by atoms with E-state index in [-0.39, 0.29) is 17.1 Å². The molecule has 0 bridgehead atoms. The fourth-order valence-electron chi connectivity index (χ4n) is 3.71. The molecule has 2 aromatic carbocycles. The van der Waals surface area contributed by atoms with Crippen molar-refractivity contribution in [1.29, 1.82) is 0 Å². The van der Waals surface area contributed by atoms with Gasteiger partial charge in [0.05, 0.1) is 11.5 Å². The van der Waals surface area contributed by atoms with E-state index in [1.165, 1.54) is 28.5 Å². The van der Waals surface area contributed by atoms with Gasteiger partial charge < -0.3 is 15.2 Å². The molecule has 0 fully saturated rings. The summed E-state index contributed by atoms with van der Waals surface area (Å²) in [6.07, 6.45) is 6.72. The molecule has 33 heavy (non-hydrogen) atoms. The molecule has 1 aliphatic carbocycles. The molecule has 0 saturated heterocycles. The fraction of sp³-hybridized carbons (Fsp3) is 0.120. The van der Waals surface area contributed by atoms with Crippen molar-refractivity contribution in [1.82, 2.24) is 14.5 Å². The second kappa shape index (κ2) is 8.63. The van der Waals surface area contributed by atoms with Crippen molar-refractivity contribution in [3.8, 4) is 11.6 Å². The van der Waals surface area contributed by atoms with Crippen LogP contribution < -0.4 is 5.56 Å². The van der Waals surface area contributed by atoms with E-state index in [4.69, 9.17) is 0 Å². The van der Waals surface area contributed by atoms with Crippen molar-refractivity contribution in [2.45, 2.75) is 29.2 Å². The number of allylic oxidation sites excluding steroid dienone is 4. The van der Waals surface area contributed by atoms with Crippen molar-refractivity contribution >= 4 is 17.3 Å². The first kappa shape index (κ1) is 21.1. The van der Waals surface area contributed by atoms with Crippen molar-refractivity contribution in [2.24, 2.45) is 0 Å². The number of imidazole rings is 1. The zero-order valence-electron chi connectivity index (χ0n) is 17.5. The van der Waals surface area contributed by atoms with Crippen LogP contribution in [-0.4, -0.2) is 24.7 Å². The number of rotatable bonds is 5. The van der Waals surface area contributed by atoms with Gasteiger partial charge >= 0.3 is 0 Å². The second-order valence-corrected chi connectivity index (χ2v) is 8.89. The lowest BCUT2D eigenvalue weighted by atomic mass is 10.0. The summed E-state index contributed by atoms with van der Waals surface area (Å²) in [5.74, 6) is 0.653. The number of nitrogens with one attached hydrogen (secondary N) is 1. The number of aromatic amines is 1. The Labute approximate surface area is 193 Å². The molecule has 6 nitrogen and oxygen atoms in total. The highest BCUT2D eigenvalue weighted by molar-refractivity contribution is 7.99. The van der Waals surface area contributed by atoms with Crippen LogP contribution in [0.1, 0.15) is 29.8 Å². The van der Waals surface area contributed by atoms with E-state index in [2.05, 4.69) is 9.97 Å². The van der Waals surface area contributed by atoms with E-state index < -0.39 is 0 Å². The number of hydrogen-bond donors (Lipinski definition) is 3. The smallest absolute Gasteiger partial charge is 0.278 e. The molecule has 2 aliphatic heterocycles. The third-order valence-electron chi connectivity index (χ3n) is 5.46. The van der Waals surface area contributed by atoms with Crippen LogP contribution in [0.2, 0.25) is 0 Å². The number of aliphatic hydroxyl groups is 1. The maximum atomic E-state index is 13.4. The Hall–Kier alpha value is -3.78. The van der Waals surface area contributed by atoms with Crippen LogP contribution >= 0.6 is 11.8 Å². The summed E-state index contributed by atoms with van der Waals surface area (Å²) in [5.41, 5.74) is 2.75. The van der Waals surface area contributed by atoms with E-state index in [0.717, 1.165) is 21.7 Å². The largest absolute Gasteiger partial charge is 0.512 e. The van der Waals surface area contributed by atoms with E-state index >= 15 is 0 Å². The topological polar surface area (TPSA) is 91.1 Å². The minimum absolute atomic E-state index is 0.161. The fourth-order valence-corrected chi connectivity index (χ4v) is 4.62. The molecule has 5 rings (SSSR count). The third kappa shape index (κ3) is 4.42. The maximum absolute atomic E-state index is 13.4. The minimum atomic E-state index is -0.319. The number of aromatic hydroxyl groups is 1. The molecule has 0 unspecified atom stereocenters. The molecule has 0 radical (unpaired) electrons. The number of nitrogens with zero attached hydrogens (tertiary/aromatic N) is 2. The Morgan fingerprint density at radius 1 is 1.03 bits per heavy atom. The molecule has 3 N–H and O–H groups in total. The van der Waals surface area contributed by atoms with E-state index in [1.54, 1.807) is 48.7 Å². The van der Waals surface area contributed by atoms with Gasteiger partial charge in [0.25, 0.3) is 5.56 Å². The molecule has 0 aromatic heterocycles. The minimum Gasteiger partial charge on any atom is -0.512 e. The first-order chi connectivity index (χ1) is 16.0. The number of halogens is 1. The molecule has 166 valence electrons. The van der Waals surface area contributed by atoms with Crippen LogP contribution in [0.4, 0.5) is 4.39 Å². The van der Waals surface area contributed by atoms with Gasteiger partial charge in [-0.05, 0) is 60.0 Å². The number of hydrogen-bond acceptors (Lipinski definition) is 5. The van der Waals surface area contributed by atoms with Crippen LogP contribution in [0.15, 0.2) is 87.4 Å². The zero-order chi connectivity index (χ0) is 22.9. The van der Waals surface area contributed by atoms with Crippen molar-refractivity contribution in [3.63, 3.8) is 0 Å². The maximum Gasteiger partial charge on any atom is 0.278 e. The molecule has 0 spiro atoms. The highest BCUT2D eigenvalue weighted by Gasteiger charge is 2.22. The van der Waals surface area contributed by atoms with Gasteiger partial charge in [-0.1, -0.05) is 30.0 Å². The molecular weight excluding hydrogens is 441 g/mol. The molecular formula is C25H20FN3O3S. The zero-order valence-corrected chi connectivity index (χ0v) is 18.3. The molecule has 2 aromatic rings. The SMILES string of the molecule is O=c1c(Cc2ccc(O)cc2)nc2c(Sc3ccc(F)cc3)[nH]c(C3=CC=C(O)CC3)cn1-2. The van der Waals surface area contributed by atoms with Gasteiger partial charge in [-0.2, -0.15) is 0 Å². The summed E-state index contributed by atoms with van der Waals surface area (Å²) in [5, 5.41) is 19.9. The highest BCUT2D eigenvalue weighted by Crippen LogP contribution is 2.34. The number of phenolic OH excluding ortho intramolecular Hbond substituents is 1. The van der Waals surface area contributed by atoms with E-state index in [9.17, 15) is 19.4 Å². The van der Waals surface area contributed by atoms with Crippen LogP contribution in [-0.2, 0) is 6.42 Å². The van der Waals surface area contributed by atoms with Crippen molar-refractivity contribution in [2.75, 3.05) is 0 Å². The Kier molecular flexibility index (Phi) is 5.51. The third-order valence-corrected chi connectivity index (χ3v) is 6.46. The van der Waals surface area contributed by atoms with E-state index in [1.807, 2.05) is 6.08 Å². The van der Waals surface area contributed by atoms with Gasteiger partial charge in [-0.15, -0.1) is 0 Å². The van der Waals surface area contributed by atoms with Crippen LogP contribution in [0, 0.1) is 5.82 Å². The van der Waals surface area contributed by atoms with Gasteiger partial charge in [0, 0.05) is 23.9 Å². The Morgan fingerprint density at radius 2 is 1.79 bits per heavy atom. The number of phenols is 1. The summed E-state index contributed by atoms with van der Waals surface area (Å²) in [4.78, 5) is 22.1. The summed E-state index contributed by atoms with van der Waals surface area (Å²) in [7, 11) is 0. The molecule has 0 atom stereocenters. The van der Waals surface area contributed by atoms with Gasteiger partial charge in [-0.3, -0.25) is 9.36 Å². The number of benzene rings is 2. The van der Waals surface area contributed by atoms with Crippen LogP contribution in [0.5, 0.6) is 5.75 Å². The van der Waals surface area contributed by atoms with Gasteiger partial charge in [0.15, 0.2) is 5.82 Å². The molecule has 0 saturated carbocycles. The average Bonchev–Trinajstić information content (AvgIpc) is 3.13. The Bertz CT molecular complexity index is 1400. The second-order valence-electron chi connectivity index (χ2n) is 7.80. The Balaban J connectivity index is 1.61. The molecule has 3 aliphatic rings. The predicted octanol–water partition coefficient (Wildman–Crippen LogP) is 5.20. The normalized spacial score (nSPS) is 13.7. The number of aliphatic hydroxyl groups excluding tert-OH is 1. The van der Waals surface area contributed by atoms with Crippen LogP contribution in [0.3, 0.4) is 0 Å². The Morgan fingerprint density at radius 3 is 2.48 bits per heavy atom. The van der Waals surface area contributed by atoms with Crippen molar-refractivity contribution < 1.29 is 14.6 Å². The average molecular weight is 462 g/mol. The van der Waals surface area contributed by atoms with Crippen LogP contribution in [0.25, 0.3) is 11.4 Å². The quantitative estimate of drug-likeness (QED) is 0.380. The lowest BCUT2D eigenvalue weighted by molar-refractivity contribution is 0.388. The number of H-pyrrole nitrogens is 1. The number of aromatic nitrogens is 3. The first-order valence-electron chi connectivity index (χ1n) is 10.4. The molecule has 8 heteroatoms. The first-order valence-corrected chi connectivity index (χ1v) is 11.2. The van der Waals surface area contributed by atoms with Gasteiger partial charge in [-0.25, -0.2) is 9.37 Å². The highest BCUT2D eigenvalue weighted by atomic mass is 32.2. The molecule has 2 heterocycles. The summed E-state index contributed by atoms with van der Waals surface area (Å²) < 4.78 is 14.9. The summed E-state index contributed by atoms with van der Waals surface area (Å²) in [6, 6.07) is 12.8. The summed E-state index contributed by atoms with van der Waals surface area (Å²) in [6.45, 7) is 0. The lowest BCUT2D eigenvalue weighted by Gasteiger charge is -2.16. The van der Waals surface area contributed by atoms with Crippen molar-refractivity contribution in [3.05, 3.63) is 106 Å². The van der Waals surface area contributed by atoms with Gasteiger partial charge in [0.2, 0.25) is 0 Å². The standard InChI is InChI=1S/C25H20FN3O3S/c26-17-5-11-20(12-6-17)33-24-23-27-21(13-15-1-7-18(30)8-2-15)25(32)29(23)14-22(28-24)16-3-9-19(31)10-4-16/h1-3,5-9,11-12,14,28,30-31H,4,10,13H2.